The molecular formula is C18H34O3. The van der Waals surface area contributed by atoms with Crippen LogP contribution in [0.1, 0.15) is 71.1 Å². The number of methoxy groups -OCH3 is 3. The fraction of sp³-hybridized carbons (Fsp3) is 0.889. The molecule has 0 spiro atoms. The maximum atomic E-state index is 5.64. The molecule has 3 heteroatoms. The number of rotatable bonds is 11. The van der Waals surface area contributed by atoms with Crippen LogP contribution in [0.15, 0.2) is 11.6 Å². The molecule has 21 heavy (non-hydrogen) atoms. The minimum Gasteiger partial charge on any atom is -0.330 e. The Balaban J connectivity index is 2.71. The summed E-state index contributed by atoms with van der Waals surface area (Å²) in [6, 6.07) is 0. The van der Waals surface area contributed by atoms with Crippen LogP contribution in [0, 0.1) is 5.92 Å². The van der Waals surface area contributed by atoms with Crippen molar-refractivity contribution in [2.75, 3.05) is 21.3 Å². The van der Waals surface area contributed by atoms with Crippen molar-refractivity contribution in [3.63, 3.8) is 0 Å². The van der Waals surface area contributed by atoms with Gasteiger partial charge in [0.25, 0.3) is 5.97 Å². The van der Waals surface area contributed by atoms with Gasteiger partial charge < -0.3 is 14.2 Å². The summed E-state index contributed by atoms with van der Waals surface area (Å²) in [5.74, 6) is -0.715. The summed E-state index contributed by atoms with van der Waals surface area (Å²) in [7, 11) is 5.04. The van der Waals surface area contributed by atoms with E-state index in [0.29, 0.717) is 0 Å². The van der Waals surface area contributed by atoms with Crippen LogP contribution >= 0.6 is 0 Å². The van der Waals surface area contributed by atoms with E-state index in [9.17, 15) is 0 Å². The van der Waals surface area contributed by atoms with E-state index in [0.717, 1.165) is 12.8 Å². The Hall–Kier alpha value is -0.380. The van der Waals surface area contributed by atoms with Gasteiger partial charge in [0.15, 0.2) is 0 Å². The minimum atomic E-state index is -0.923. The number of hydrogen-bond donors (Lipinski definition) is 0. The van der Waals surface area contributed by atoms with Crippen LogP contribution in [0.4, 0.5) is 0 Å². The maximum Gasteiger partial charge on any atom is 0.289 e. The van der Waals surface area contributed by atoms with Gasteiger partial charge >= 0.3 is 0 Å². The molecule has 0 radical (unpaired) electrons. The second kappa shape index (κ2) is 10.4. The monoisotopic (exact) mass is 298 g/mol. The summed E-state index contributed by atoms with van der Waals surface area (Å²) < 4.78 is 16.9. The van der Waals surface area contributed by atoms with E-state index in [2.05, 4.69) is 13.0 Å². The Morgan fingerprint density at radius 1 is 1.00 bits per heavy atom. The Kier molecular flexibility index (Phi) is 9.21. The standard InChI is InChI=1S/C18H34O3/c1-5-6-7-8-12-15-17(16-13-10-9-11-14-16)18(19-2,20-3)21-4/h13,17H,5-12,14-15H2,1-4H3. The number of ether oxygens (including phenoxy) is 3. The maximum absolute atomic E-state index is 5.64. The summed E-state index contributed by atoms with van der Waals surface area (Å²) in [6.07, 6.45) is 14.8. The summed E-state index contributed by atoms with van der Waals surface area (Å²) in [5.41, 5.74) is 1.46. The second-order valence-corrected chi connectivity index (χ2v) is 6.00. The van der Waals surface area contributed by atoms with Gasteiger partial charge in [-0.05, 0) is 32.1 Å². The van der Waals surface area contributed by atoms with Crippen LogP contribution in [0.2, 0.25) is 0 Å². The Morgan fingerprint density at radius 3 is 2.19 bits per heavy atom. The first kappa shape index (κ1) is 18.7. The van der Waals surface area contributed by atoms with Crippen molar-refractivity contribution in [1.82, 2.24) is 0 Å². The van der Waals surface area contributed by atoms with Crippen molar-refractivity contribution in [2.45, 2.75) is 77.1 Å². The third-order valence-corrected chi connectivity index (χ3v) is 4.65. The lowest BCUT2D eigenvalue weighted by molar-refractivity contribution is -0.374. The molecular weight excluding hydrogens is 264 g/mol. The van der Waals surface area contributed by atoms with Gasteiger partial charge in [-0.25, -0.2) is 0 Å². The van der Waals surface area contributed by atoms with E-state index >= 15 is 0 Å². The van der Waals surface area contributed by atoms with E-state index in [4.69, 9.17) is 14.2 Å². The second-order valence-electron chi connectivity index (χ2n) is 6.00. The van der Waals surface area contributed by atoms with Crippen LogP contribution in [0.3, 0.4) is 0 Å². The molecule has 0 aliphatic heterocycles. The zero-order chi connectivity index (χ0) is 15.6. The highest BCUT2D eigenvalue weighted by Crippen LogP contribution is 2.38. The van der Waals surface area contributed by atoms with Crippen molar-refractivity contribution < 1.29 is 14.2 Å². The smallest absolute Gasteiger partial charge is 0.289 e. The fourth-order valence-corrected chi connectivity index (χ4v) is 3.40. The highest BCUT2D eigenvalue weighted by Gasteiger charge is 2.41. The van der Waals surface area contributed by atoms with E-state index in [1.165, 1.54) is 56.9 Å². The van der Waals surface area contributed by atoms with Gasteiger partial charge in [0.05, 0.1) is 5.92 Å². The Bertz CT molecular complexity index is 287. The topological polar surface area (TPSA) is 27.7 Å². The molecule has 0 aromatic carbocycles. The number of hydrogen-bond acceptors (Lipinski definition) is 3. The molecule has 0 N–H and O–H groups in total. The van der Waals surface area contributed by atoms with Crippen LogP contribution in [-0.4, -0.2) is 27.3 Å². The highest BCUT2D eigenvalue weighted by atomic mass is 16.9. The first-order valence-corrected chi connectivity index (χ1v) is 8.58. The normalized spacial score (nSPS) is 17.6. The third-order valence-electron chi connectivity index (χ3n) is 4.65. The van der Waals surface area contributed by atoms with Crippen molar-refractivity contribution in [3.05, 3.63) is 11.6 Å². The fourth-order valence-electron chi connectivity index (χ4n) is 3.40. The summed E-state index contributed by atoms with van der Waals surface area (Å²) in [4.78, 5) is 0. The van der Waals surface area contributed by atoms with Crippen LogP contribution < -0.4 is 0 Å². The molecule has 1 rings (SSSR count). The zero-order valence-corrected chi connectivity index (χ0v) is 14.5. The molecule has 0 amide bonds. The first-order valence-electron chi connectivity index (χ1n) is 8.58. The molecule has 0 aromatic heterocycles. The number of unbranched alkanes of at least 4 members (excludes halogenated alkanes) is 4. The van der Waals surface area contributed by atoms with E-state index in [1.54, 1.807) is 21.3 Å². The van der Waals surface area contributed by atoms with Crippen molar-refractivity contribution in [1.29, 1.82) is 0 Å². The van der Waals surface area contributed by atoms with Crippen LogP contribution in [-0.2, 0) is 14.2 Å². The van der Waals surface area contributed by atoms with Crippen molar-refractivity contribution >= 4 is 0 Å². The van der Waals surface area contributed by atoms with E-state index < -0.39 is 5.97 Å². The minimum absolute atomic E-state index is 0.208. The van der Waals surface area contributed by atoms with Gasteiger partial charge in [-0.3, -0.25) is 0 Å². The van der Waals surface area contributed by atoms with Gasteiger partial charge in [0, 0.05) is 21.3 Å². The molecule has 0 fully saturated rings. The predicted octanol–water partition coefficient (Wildman–Crippen LogP) is 5.06. The van der Waals surface area contributed by atoms with Gasteiger partial charge in [0.2, 0.25) is 0 Å². The molecule has 1 atom stereocenters. The molecule has 0 heterocycles. The molecule has 1 unspecified atom stereocenters. The zero-order valence-electron chi connectivity index (χ0n) is 14.5. The van der Waals surface area contributed by atoms with E-state index in [-0.39, 0.29) is 5.92 Å². The molecule has 1 aliphatic rings. The predicted molar refractivity (Wildman–Crippen MR) is 87.2 cm³/mol. The van der Waals surface area contributed by atoms with E-state index in [1.807, 2.05) is 0 Å². The van der Waals surface area contributed by atoms with Gasteiger partial charge in [0.1, 0.15) is 0 Å². The molecule has 0 saturated heterocycles. The lowest BCUT2D eigenvalue weighted by Crippen LogP contribution is -2.45. The van der Waals surface area contributed by atoms with Crippen LogP contribution in [0.25, 0.3) is 0 Å². The molecule has 0 saturated carbocycles. The average molecular weight is 298 g/mol. The number of allylic oxidation sites excluding steroid dienone is 1. The van der Waals surface area contributed by atoms with Gasteiger partial charge in [-0.2, -0.15) is 0 Å². The SMILES string of the molecule is CCCCCCCC(C1=CCCCC1)C(OC)(OC)OC. The third kappa shape index (κ3) is 5.39. The summed E-state index contributed by atoms with van der Waals surface area (Å²) >= 11 is 0. The lowest BCUT2D eigenvalue weighted by Gasteiger charge is -2.38. The van der Waals surface area contributed by atoms with Gasteiger partial charge in [-0.15, -0.1) is 0 Å². The Labute approximate surface area is 131 Å². The average Bonchev–Trinajstić information content (AvgIpc) is 2.55. The highest BCUT2D eigenvalue weighted by molar-refractivity contribution is 5.12. The van der Waals surface area contributed by atoms with Crippen LogP contribution in [0.5, 0.6) is 0 Å². The van der Waals surface area contributed by atoms with Crippen molar-refractivity contribution in [2.24, 2.45) is 5.92 Å². The summed E-state index contributed by atoms with van der Waals surface area (Å²) in [5, 5.41) is 0. The lowest BCUT2D eigenvalue weighted by atomic mass is 9.84. The molecule has 0 bridgehead atoms. The molecule has 1 aliphatic carbocycles. The quantitative estimate of drug-likeness (QED) is 0.303. The van der Waals surface area contributed by atoms with Crippen molar-refractivity contribution in [3.8, 4) is 0 Å². The Morgan fingerprint density at radius 2 is 1.67 bits per heavy atom. The molecule has 124 valence electrons. The molecule has 3 nitrogen and oxygen atoms in total. The summed E-state index contributed by atoms with van der Waals surface area (Å²) in [6.45, 7) is 2.25. The molecule has 0 aromatic rings. The first-order chi connectivity index (χ1) is 10.2. The van der Waals surface area contributed by atoms with Gasteiger partial charge in [-0.1, -0.05) is 50.7 Å². The largest absolute Gasteiger partial charge is 0.330 e.